The van der Waals surface area contributed by atoms with E-state index in [1.54, 1.807) is 6.26 Å². The van der Waals surface area contributed by atoms with Crippen molar-refractivity contribution in [2.24, 2.45) is 0 Å². The fourth-order valence-corrected chi connectivity index (χ4v) is 1.59. The third kappa shape index (κ3) is 2.50. The molecule has 0 aromatic carbocycles. The maximum Gasteiger partial charge on any atom is 0.117 e. The molecule has 2 aromatic rings. The Morgan fingerprint density at radius 1 is 1.27 bits per heavy atom. The largest absolute Gasteiger partial charge is 0.468 e. The SMILES string of the molecule is Cc1cc(CNCc2ccco2)c(C)o1. The molecule has 0 radical (unpaired) electrons. The summed E-state index contributed by atoms with van der Waals surface area (Å²) in [4.78, 5) is 0. The van der Waals surface area contributed by atoms with Crippen molar-refractivity contribution in [3.8, 4) is 0 Å². The summed E-state index contributed by atoms with van der Waals surface area (Å²) >= 11 is 0. The first-order chi connectivity index (χ1) is 7.25. The Hall–Kier alpha value is -1.48. The van der Waals surface area contributed by atoms with Crippen LogP contribution in [0.15, 0.2) is 33.3 Å². The molecule has 3 nitrogen and oxygen atoms in total. The maximum atomic E-state index is 5.44. The molecule has 0 amide bonds. The average molecular weight is 205 g/mol. The zero-order chi connectivity index (χ0) is 10.7. The van der Waals surface area contributed by atoms with Crippen LogP contribution in [0.3, 0.4) is 0 Å². The standard InChI is InChI=1S/C12H15NO2/c1-9-6-11(10(2)15-9)7-13-8-12-4-3-5-14-12/h3-6,13H,7-8H2,1-2H3. The van der Waals surface area contributed by atoms with Crippen LogP contribution in [0.4, 0.5) is 0 Å². The Labute approximate surface area is 89.1 Å². The van der Waals surface area contributed by atoms with Crippen molar-refractivity contribution in [3.05, 3.63) is 47.3 Å². The van der Waals surface area contributed by atoms with Crippen LogP contribution in [0.25, 0.3) is 0 Å². The molecular formula is C12H15NO2. The highest BCUT2D eigenvalue weighted by atomic mass is 16.3. The molecule has 0 saturated heterocycles. The highest BCUT2D eigenvalue weighted by Crippen LogP contribution is 2.13. The molecule has 3 heteroatoms. The summed E-state index contributed by atoms with van der Waals surface area (Å²) in [6.45, 7) is 5.50. The van der Waals surface area contributed by atoms with E-state index in [9.17, 15) is 0 Å². The summed E-state index contributed by atoms with van der Waals surface area (Å²) in [7, 11) is 0. The van der Waals surface area contributed by atoms with Crippen molar-refractivity contribution < 1.29 is 8.83 Å². The molecule has 2 heterocycles. The molecule has 0 aliphatic heterocycles. The van der Waals surface area contributed by atoms with E-state index in [0.717, 1.165) is 30.4 Å². The normalized spacial score (nSPS) is 10.8. The predicted molar refractivity (Wildman–Crippen MR) is 57.4 cm³/mol. The van der Waals surface area contributed by atoms with Crippen LogP contribution in [0.5, 0.6) is 0 Å². The Bertz CT molecular complexity index is 415. The third-order valence-electron chi connectivity index (χ3n) is 2.34. The van der Waals surface area contributed by atoms with Gasteiger partial charge in [-0.3, -0.25) is 0 Å². The van der Waals surface area contributed by atoms with Crippen molar-refractivity contribution in [1.29, 1.82) is 0 Å². The van der Waals surface area contributed by atoms with Crippen LogP contribution >= 0.6 is 0 Å². The molecular weight excluding hydrogens is 190 g/mol. The molecule has 0 aliphatic carbocycles. The molecule has 0 saturated carbocycles. The lowest BCUT2D eigenvalue weighted by molar-refractivity contribution is 0.477. The second-order valence-electron chi connectivity index (χ2n) is 3.62. The Balaban J connectivity index is 1.86. The first-order valence-corrected chi connectivity index (χ1v) is 5.04. The van der Waals surface area contributed by atoms with E-state index < -0.39 is 0 Å². The zero-order valence-electron chi connectivity index (χ0n) is 9.04. The van der Waals surface area contributed by atoms with Crippen molar-refractivity contribution in [1.82, 2.24) is 5.32 Å². The number of hydrogen-bond acceptors (Lipinski definition) is 3. The summed E-state index contributed by atoms with van der Waals surface area (Å²) in [6.07, 6.45) is 1.68. The highest BCUT2D eigenvalue weighted by Gasteiger charge is 2.03. The summed E-state index contributed by atoms with van der Waals surface area (Å²) < 4.78 is 10.7. The van der Waals surface area contributed by atoms with Crippen LogP contribution in [-0.2, 0) is 13.1 Å². The molecule has 15 heavy (non-hydrogen) atoms. The van der Waals surface area contributed by atoms with Gasteiger partial charge < -0.3 is 14.2 Å². The van der Waals surface area contributed by atoms with Gasteiger partial charge in [-0.05, 0) is 32.0 Å². The van der Waals surface area contributed by atoms with E-state index >= 15 is 0 Å². The molecule has 2 rings (SSSR count). The Morgan fingerprint density at radius 3 is 2.73 bits per heavy atom. The van der Waals surface area contributed by atoms with Crippen LogP contribution in [-0.4, -0.2) is 0 Å². The minimum absolute atomic E-state index is 0.747. The van der Waals surface area contributed by atoms with E-state index in [0.29, 0.717) is 0 Å². The van der Waals surface area contributed by atoms with Gasteiger partial charge in [0.2, 0.25) is 0 Å². The number of rotatable bonds is 4. The average Bonchev–Trinajstić information content (AvgIpc) is 2.77. The van der Waals surface area contributed by atoms with Gasteiger partial charge in [0.25, 0.3) is 0 Å². The second-order valence-corrected chi connectivity index (χ2v) is 3.62. The quantitative estimate of drug-likeness (QED) is 0.834. The summed E-state index contributed by atoms with van der Waals surface area (Å²) in [5.74, 6) is 2.90. The first kappa shape index (κ1) is 10.1. The van der Waals surface area contributed by atoms with Gasteiger partial charge in [-0.1, -0.05) is 0 Å². The molecule has 0 unspecified atom stereocenters. The van der Waals surface area contributed by atoms with Crippen molar-refractivity contribution in [3.63, 3.8) is 0 Å². The molecule has 0 fully saturated rings. The molecule has 0 aliphatic rings. The monoisotopic (exact) mass is 205 g/mol. The second kappa shape index (κ2) is 4.36. The van der Waals surface area contributed by atoms with E-state index in [2.05, 4.69) is 11.4 Å². The van der Waals surface area contributed by atoms with Gasteiger partial charge in [0.05, 0.1) is 12.8 Å². The molecule has 0 spiro atoms. The predicted octanol–water partition coefficient (Wildman–Crippen LogP) is 2.78. The number of furan rings is 2. The van der Waals surface area contributed by atoms with E-state index in [4.69, 9.17) is 8.83 Å². The minimum atomic E-state index is 0.747. The third-order valence-corrected chi connectivity index (χ3v) is 2.34. The molecule has 80 valence electrons. The van der Waals surface area contributed by atoms with Crippen LogP contribution < -0.4 is 5.32 Å². The molecule has 1 N–H and O–H groups in total. The van der Waals surface area contributed by atoms with E-state index in [1.165, 1.54) is 5.56 Å². The van der Waals surface area contributed by atoms with Gasteiger partial charge in [0.15, 0.2) is 0 Å². The fraction of sp³-hybridized carbons (Fsp3) is 0.333. The minimum Gasteiger partial charge on any atom is -0.468 e. The maximum absolute atomic E-state index is 5.44. The van der Waals surface area contributed by atoms with Gasteiger partial charge in [0, 0.05) is 12.1 Å². The molecule has 0 bridgehead atoms. The first-order valence-electron chi connectivity index (χ1n) is 5.04. The van der Waals surface area contributed by atoms with Gasteiger partial charge in [0.1, 0.15) is 17.3 Å². The summed E-state index contributed by atoms with van der Waals surface area (Å²) in [5, 5.41) is 3.30. The number of hydrogen-bond donors (Lipinski definition) is 1. The highest BCUT2D eigenvalue weighted by molar-refractivity contribution is 5.19. The van der Waals surface area contributed by atoms with Crippen LogP contribution in [0, 0.1) is 13.8 Å². The van der Waals surface area contributed by atoms with Gasteiger partial charge in [-0.2, -0.15) is 0 Å². The Kier molecular flexibility index (Phi) is 2.92. The smallest absolute Gasteiger partial charge is 0.117 e. The van der Waals surface area contributed by atoms with Crippen molar-refractivity contribution >= 4 is 0 Å². The lowest BCUT2D eigenvalue weighted by atomic mass is 10.2. The van der Waals surface area contributed by atoms with Gasteiger partial charge in [-0.15, -0.1) is 0 Å². The lowest BCUT2D eigenvalue weighted by Crippen LogP contribution is -2.12. The number of nitrogens with one attached hydrogen (secondary N) is 1. The summed E-state index contributed by atoms with van der Waals surface area (Å²) in [5.41, 5.74) is 1.21. The van der Waals surface area contributed by atoms with Gasteiger partial charge >= 0.3 is 0 Å². The van der Waals surface area contributed by atoms with Crippen molar-refractivity contribution in [2.45, 2.75) is 26.9 Å². The zero-order valence-corrected chi connectivity index (χ0v) is 9.04. The van der Waals surface area contributed by atoms with E-state index in [-0.39, 0.29) is 0 Å². The van der Waals surface area contributed by atoms with E-state index in [1.807, 2.05) is 26.0 Å². The number of aryl methyl sites for hydroxylation is 2. The topological polar surface area (TPSA) is 38.3 Å². The Morgan fingerprint density at radius 2 is 2.13 bits per heavy atom. The molecule has 2 aromatic heterocycles. The van der Waals surface area contributed by atoms with Gasteiger partial charge in [-0.25, -0.2) is 0 Å². The molecule has 0 atom stereocenters. The van der Waals surface area contributed by atoms with Crippen molar-refractivity contribution in [2.75, 3.05) is 0 Å². The van der Waals surface area contributed by atoms with Crippen LogP contribution in [0.1, 0.15) is 22.8 Å². The fourth-order valence-electron chi connectivity index (χ4n) is 1.59. The summed E-state index contributed by atoms with van der Waals surface area (Å²) in [6, 6.07) is 5.91. The lowest BCUT2D eigenvalue weighted by Gasteiger charge is -2.00. The van der Waals surface area contributed by atoms with Crippen LogP contribution in [0.2, 0.25) is 0 Å².